The second-order valence-corrected chi connectivity index (χ2v) is 10.6. The van der Waals surface area contributed by atoms with Crippen LogP contribution < -0.4 is 4.74 Å². The standard InChI is InChI=1S/C23H28N4O5S/c1-16(2)32-23(28)26-9-6-17(7-10-26)14-31-22-13-21(24-15-25-22)27-11-8-18-12-19(33(3,29)30)4-5-20(18)27/h4-5,8,11-13,15-17H,6-7,9-10,14H2,1-3H3. The molecule has 3 aromatic rings. The normalized spacial score (nSPS) is 15.2. The maximum atomic E-state index is 12.0. The zero-order valence-corrected chi connectivity index (χ0v) is 19.8. The van der Waals surface area contributed by atoms with Crippen LogP contribution in [0.1, 0.15) is 26.7 Å². The van der Waals surface area contributed by atoms with Crippen molar-refractivity contribution in [3.63, 3.8) is 0 Å². The van der Waals surface area contributed by atoms with Gasteiger partial charge in [0.25, 0.3) is 0 Å². The monoisotopic (exact) mass is 472 g/mol. The van der Waals surface area contributed by atoms with Crippen molar-refractivity contribution in [1.82, 2.24) is 19.4 Å². The first-order valence-electron chi connectivity index (χ1n) is 10.9. The van der Waals surface area contributed by atoms with Gasteiger partial charge in [0.2, 0.25) is 5.88 Å². The highest BCUT2D eigenvalue weighted by atomic mass is 32.2. The van der Waals surface area contributed by atoms with E-state index in [2.05, 4.69) is 9.97 Å². The Bertz CT molecular complexity index is 1250. The zero-order chi connectivity index (χ0) is 23.6. The summed E-state index contributed by atoms with van der Waals surface area (Å²) in [6.45, 7) is 5.50. The molecule has 0 radical (unpaired) electrons. The topological polar surface area (TPSA) is 104 Å². The molecule has 10 heteroatoms. The Morgan fingerprint density at radius 2 is 1.91 bits per heavy atom. The maximum Gasteiger partial charge on any atom is 0.410 e. The number of likely N-dealkylation sites (tertiary alicyclic amines) is 1. The SMILES string of the molecule is CC(C)OC(=O)N1CCC(COc2cc(-n3ccc4cc(S(C)(=O)=O)ccc43)ncn2)CC1. The van der Waals surface area contributed by atoms with Gasteiger partial charge < -0.3 is 18.9 Å². The summed E-state index contributed by atoms with van der Waals surface area (Å²) in [5, 5.41) is 0.807. The molecule has 176 valence electrons. The predicted octanol–water partition coefficient (Wildman–Crippen LogP) is 3.46. The van der Waals surface area contributed by atoms with Crippen LogP contribution in [0.3, 0.4) is 0 Å². The van der Waals surface area contributed by atoms with E-state index in [1.165, 1.54) is 12.6 Å². The highest BCUT2D eigenvalue weighted by Crippen LogP contribution is 2.24. The number of nitrogens with zero attached hydrogens (tertiary/aromatic N) is 4. The third-order valence-corrected chi connectivity index (χ3v) is 6.75. The minimum atomic E-state index is -3.27. The molecule has 0 atom stereocenters. The molecule has 0 aliphatic carbocycles. The van der Waals surface area contributed by atoms with Gasteiger partial charge in [-0.15, -0.1) is 0 Å². The van der Waals surface area contributed by atoms with Gasteiger partial charge in [0, 0.05) is 37.0 Å². The molecule has 3 heterocycles. The Balaban J connectivity index is 1.40. The van der Waals surface area contributed by atoms with E-state index in [1.807, 2.05) is 30.7 Å². The number of hydrogen-bond acceptors (Lipinski definition) is 7. The third-order valence-electron chi connectivity index (χ3n) is 5.64. The maximum absolute atomic E-state index is 12.0. The molecule has 1 aromatic carbocycles. The average Bonchev–Trinajstić information content (AvgIpc) is 3.20. The quantitative estimate of drug-likeness (QED) is 0.541. The molecule has 1 aliphatic heterocycles. The first-order chi connectivity index (χ1) is 15.7. The summed E-state index contributed by atoms with van der Waals surface area (Å²) >= 11 is 0. The fourth-order valence-electron chi connectivity index (χ4n) is 3.85. The molecular weight excluding hydrogens is 444 g/mol. The fourth-order valence-corrected chi connectivity index (χ4v) is 4.51. The number of benzene rings is 1. The van der Waals surface area contributed by atoms with E-state index in [4.69, 9.17) is 9.47 Å². The zero-order valence-electron chi connectivity index (χ0n) is 19.0. The number of carbonyl (C=O) groups is 1. The van der Waals surface area contributed by atoms with Gasteiger partial charge in [-0.05, 0) is 56.9 Å². The molecule has 0 saturated carbocycles. The van der Waals surface area contributed by atoms with Crippen LogP contribution in [0, 0.1) is 5.92 Å². The molecule has 1 amide bonds. The summed E-state index contributed by atoms with van der Waals surface area (Å²) in [7, 11) is -3.27. The molecule has 4 rings (SSSR count). The van der Waals surface area contributed by atoms with Crippen LogP contribution in [-0.2, 0) is 14.6 Å². The van der Waals surface area contributed by atoms with Crippen LogP contribution in [0.4, 0.5) is 4.79 Å². The third kappa shape index (κ3) is 5.44. The molecule has 1 aliphatic rings. The van der Waals surface area contributed by atoms with Gasteiger partial charge in [-0.3, -0.25) is 0 Å². The van der Waals surface area contributed by atoms with E-state index >= 15 is 0 Å². The summed E-state index contributed by atoms with van der Waals surface area (Å²) < 4.78 is 36.7. The highest BCUT2D eigenvalue weighted by Gasteiger charge is 2.25. The number of rotatable bonds is 6. The van der Waals surface area contributed by atoms with Crippen LogP contribution >= 0.6 is 0 Å². The van der Waals surface area contributed by atoms with Crippen molar-refractivity contribution in [2.24, 2.45) is 5.92 Å². The van der Waals surface area contributed by atoms with Crippen molar-refractivity contribution >= 4 is 26.8 Å². The number of sulfone groups is 1. The van der Waals surface area contributed by atoms with Gasteiger partial charge >= 0.3 is 6.09 Å². The van der Waals surface area contributed by atoms with Crippen molar-refractivity contribution in [3.05, 3.63) is 42.9 Å². The first-order valence-corrected chi connectivity index (χ1v) is 12.8. The van der Waals surface area contributed by atoms with E-state index in [0.717, 1.165) is 23.7 Å². The van der Waals surface area contributed by atoms with Crippen LogP contribution in [0.2, 0.25) is 0 Å². The number of ether oxygens (including phenoxy) is 2. The number of aromatic nitrogens is 3. The molecule has 0 unspecified atom stereocenters. The Morgan fingerprint density at radius 1 is 1.15 bits per heavy atom. The molecule has 1 saturated heterocycles. The Morgan fingerprint density at radius 3 is 2.61 bits per heavy atom. The summed E-state index contributed by atoms with van der Waals surface area (Å²) in [6, 6.07) is 8.63. The van der Waals surface area contributed by atoms with Crippen LogP contribution in [0.15, 0.2) is 47.8 Å². The van der Waals surface area contributed by atoms with E-state index in [1.54, 1.807) is 29.2 Å². The summed E-state index contributed by atoms with van der Waals surface area (Å²) in [5.74, 6) is 1.43. The van der Waals surface area contributed by atoms with Crippen LogP contribution in [-0.4, -0.2) is 66.0 Å². The second kappa shape index (κ2) is 9.38. The molecule has 0 bridgehead atoms. The molecule has 1 fully saturated rings. The lowest BCUT2D eigenvalue weighted by Crippen LogP contribution is -2.40. The predicted molar refractivity (Wildman–Crippen MR) is 123 cm³/mol. The lowest BCUT2D eigenvalue weighted by Gasteiger charge is -2.31. The van der Waals surface area contributed by atoms with Gasteiger partial charge in [-0.2, -0.15) is 0 Å². The summed E-state index contributed by atoms with van der Waals surface area (Å²) in [6.07, 6.45) is 5.80. The molecule has 33 heavy (non-hydrogen) atoms. The highest BCUT2D eigenvalue weighted by molar-refractivity contribution is 7.90. The van der Waals surface area contributed by atoms with Crippen molar-refractivity contribution in [1.29, 1.82) is 0 Å². The Hall–Kier alpha value is -3.14. The summed E-state index contributed by atoms with van der Waals surface area (Å²) in [5.41, 5.74) is 0.840. The minimum absolute atomic E-state index is 0.121. The van der Waals surface area contributed by atoms with Gasteiger partial charge in [-0.1, -0.05) is 0 Å². The lowest BCUT2D eigenvalue weighted by molar-refractivity contribution is 0.0606. The van der Waals surface area contributed by atoms with Gasteiger partial charge in [-0.25, -0.2) is 23.2 Å². The Kier molecular flexibility index (Phi) is 6.55. The van der Waals surface area contributed by atoms with Gasteiger partial charge in [0.1, 0.15) is 12.1 Å². The van der Waals surface area contributed by atoms with Crippen molar-refractivity contribution in [3.8, 4) is 11.7 Å². The molecule has 0 N–H and O–H groups in total. The summed E-state index contributed by atoms with van der Waals surface area (Å²) in [4.78, 5) is 22.6. The van der Waals surface area contributed by atoms with E-state index in [0.29, 0.717) is 37.3 Å². The second-order valence-electron chi connectivity index (χ2n) is 8.57. The number of carbonyl (C=O) groups excluding carboxylic acids is 1. The smallest absolute Gasteiger partial charge is 0.410 e. The molecule has 2 aromatic heterocycles. The molecule has 0 spiro atoms. The van der Waals surface area contributed by atoms with Crippen molar-refractivity contribution in [2.75, 3.05) is 26.0 Å². The number of piperidine rings is 1. The largest absolute Gasteiger partial charge is 0.477 e. The van der Waals surface area contributed by atoms with E-state index in [-0.39, 0.29) is 17.1 Å². The fraction of sp³-hybridized carbons (Fsp3) is 0.435. The van der Waals surface area contributed by atoms with Crippen LogP contribution in [0.25, 0.3) is 16.7 Å². The number of fused-ring (bicyclic) bond motifs is 1. The van der Waals surface area contributed by atoms with Gasteiger partial charge in [0.15, 0.2) is 9.84 Å². The van der Waals surface area contributed by atoms with E-state index in [9.17, 15) is 13.2 Å². The number of amides is 1. The minimum Gasteiger partial charge on any atom is -0.477 e. The lowest BCUT2D eigenvalue weighted by atomic mass is 9.98. The van der Waals surface area contributed by atoms with E-state index < -0.39 is 9.84 Å². The van der Waals surface area contributed by atoms with Gasteiger partial charge in [0.05, 0.1) is 23.1 Å². The van der Waals surface area contributed by atoms with Crippen molar-refractivity contribution < 1.29 is 22.7 Å². The van der Waals surface area contributed by atoms with Crippen molar-refractivity contribution in [2.45, 2.75) is 37.7 Å². The average molecular weight is 473 g/mol. The number of hydrogen-bond donors (Lipinski definition) is 0. The molecular formula is C23H28N4O5S. The first kappa shape index (κ1) is 23.0. The Labute approximate surface area is 193 Å². The molecule has 9 nitrogen and oxygen atoms in total. The van der Waals surface area contributed by atoms with Crippen LogP contribution in [0.5, 0.6) is 5.88 Å².